The third-order valence-corrected chi connectivity index (χ3v) is 5.36. The van der Waals surface area contributed by atoms with Crippen LogP contribution in [0.25, 0.3) is 0 Å². The first-order valence-electron chi connectivity index (χ1n) is 9.76. The summed E-state index contributed by atoms with van der Waals surface area (Å²) in [5, 5.41) is 4.01. The van der Waals surface area contributed by atoms with Crippen LogP contribution in [0.3, 0.4) is 0 Å². The summed E-state index contributed by atoms with van der Waals surface area (Å²) >= 11 is 0. The van der Waals surface area contributed by atoms with Gasteiger partial charge in [0.2, 0.25) is 5.89 Å². The second-order valence-corrected chi connectivity index (χ2v) is 7.68. The van der Waals surface area contributed by atoms with Crippen molar-refractivity contribution in [2.45, 2.75) is 45.2 Å². The van der Waals surface area contributed by atoms with Gasteiger partial charge in [-0.1, -0.05) is 37.2 Å². The highest BCUT2D eigenvalue weighted by Crippen LogP contribution is 2.26. The molecule has 2 aromatic rings. The molecule has 3 heterocycles. The fourth-order valence-electron chi connectivity index (χ4n) is 3.78. The van der Waals surface area contributed by atoms with Gasteiger partial charge in [0.1, 0.15) is 6.54 Å². The van der Waals surface area contributed by atoms with Crippen molar-refractivity contribution in [1.82, 2.24) is 19.9 Å². The summed E-state index contributed by atoms with van der Waals surface area (Å²) in [7, 11) is 0. The van der Waals surface area contributed by atoms with Gasteiger partial charge in [0.05, 0.1) is 12.2 Å². The molecule has 2 aliphatic heterocycles. The minimum atomic E-state index is -0.215. The Balaban J connectivity index is 1.35. The van der Waals surface area contributed by atoms with E-state index in [4.69, 9.17) is 4.52 Å². The zero-order valence-corrected chi connectivity index (χ0v) is 16.2. The van der Waals surface area contributed by atoms with Gasteiger partial charge in [0, 0.05) is 25.0 Å². The molecule has 0 unspecified atom stereocenters. The van der Waals surface area contributed by atoms with Crippen LogP contribution in [0.2, 0.25) is 0 Å². The van der Waals surface area contributed by atoms with Crippen LogP contribution >= 0.6 is 0 Å². The van der Waals surface area contributed by atoms with Gasteiger partial charge in [-0.15, -0.1) is 0 Å². The number of carbonyl (C=O) groups excluding carboxylic acids is 2. The van der Waals surface area contributed by atoms with Crippen LogP contribution in [-0.4, -0.2) is 57.6 Å². The van der Waals surface area contributed by atoms with Crippen molar-refractivity contribution in [3.63, 3.8) is 0 Å². The zero-order chi connectivity index (χ0) is 19.7. The molecule has 148 valence electrons. The first-order chi connectivity index (χ1) is 13.5. The average molecular weight is 383 g/mol. The van der Waals surface area contributed by atoms with Crippen LogP contribution in [0.1, 0.15) is 44.3 Å². The normalized spacial score (nSPS) is 19.2. The van der Waals surface area contributed by atoms with Crippen LogP contribution in [0.5, 0.6) is 0 Å². The summed E-state index contributed by atoms with van der Waals surface area (Å²) in [5.74, 6) is 1.44. The Bertz CT molecular complexity index is 843. The molecule has 2 fully saturated rings. The Morgan fingerprint density at radius 2 is 1.86 bits per heavy atom. The summed E-state index contributed by atoms with van der Waals surface area (Å²) in [4.78, 5) is 35.0. The molecule has 0 spiro atoms. The van der Waals surface area contributed by atoms with E-state index in [2.05, 4.69) is 15.0 Å². The zero-order valence-electron chi connectivity index (χ0n) is 16.2. The Kier molecular flexibility index (Phi) is 5.13. The highest BCUT2D eigenvalue weighted by molar-refractivity contribution is 6.19. The van der Waals surface area contributed by atoms with Gasteiger partial charge in [-0.2, -0.15) is 4.98 Å². The Hall–Kier alpha value is -2.74. The molecule has 0 saturated carbocycles. The molecule has 3 amide bonds. The van der Waals surface area contributed by atoms with E-state index in [0.717, 1.165) is 31.8 Å². The van der Waals surface area contributed by atoms with Gasteiger partial charge in [0.15, 0.2) is 5.82 Å². The van der Waals surface area contributed by atoms with Crippen molar-refractivity contribution in [3.05, 3.63) is 42.0 Å². The van der Waals surface area contributed by atoms with E-state index in [1.165, 1.54) is 4.90 Å². The molecule has 0 bridgehead atoms. The molecule has 8 heteroatoms. The van der Waals surface area contributed by atoms with Crippen LogP contribution in [0.15, 0.2) is 34.9 Å². The van der Waals surface area contributed by atoms with Gasteiger partial charge < -0.3 is 9.42 Å². The predicted octanol–water partition coefficient (Wildman–Crippen LogP) is 2.63. The predicted molar refractivity (Wildman–Crippen MR) is 103 cm³/mol. The lowest BCUT2D eigenvalue weighted by atomic mass is 10.0. The summed E-state index contributed by atoms with van der Waals surface area (Å²) in [6.45, 7) is 6.50. The first kappa shape index (κ1) is 18.6. The Labute approximate surface area is 164 Å². The SMILES string of the molecule is CC(C)c1noc(CN2CCC(N3CC(=O)N(c4ccccc4)C3=O)CC2)n1. The number of rotatable bonds is 5. The van der Waals surface area contributed by atoms with Gasteiger partial charge >= 0.3 is 6.03 Å². The lowest BCUT2D eigenvalue weighted by Gasteiger charge is -2.35. The lowest BCUT2D eigenvalue weighted by Crippen LogP contribution is -2.46. The van der Waals surface area contributed by atoms with E-state index < -0.39 is 0 Å². The van der Waals surface area contributed by atoms with E-state index >= 15 is 0 Å². The summed E-state index contributed by atoms with van der Waals surface area (Å²) in [6.07, 6.45) is 1.65. The fourth-order valence-corrected chi connectivity index (χ4v) is 3.78. The van der Waals surface area contributed by atoms with Crippen molar-refractivity contribution in [3.8, 4) is 0 Å². The molecule has 0 radical (unpaired) electrons. The smallest absolute Gasteiger partial charge is 0.332 e. The van der Waals surface area contributed by atoms with Gasteiger partial charge in [-0.05, 0) is 25.0 Å². The molecule has 1 aromatic carbocycles. The third kappa shape index (κ3) is 3.64. The number of imide groups is 1. The minimum Gasteiger partial charge on any atom is -0.338 e. The largest absolute Gasteiger partial charge is 0.338 e. The minimum absolute atomic E-state index is 0.0790. The highest BCUT2D eigenvalue weighted by atomic mass is 16.5. The number of benzene rings is 1. The van der Waals surface area contributed by atoms with E-state index in [1.807, 2.05) is 32.0 Å². The molecule has 2 aliphatic rings. The number of nitrogens with zero attached hydrogens (tertiary/aromatic N) is 5. The Morgan fingerprint density at radius 1 is 1.14 bits per heavy atom. The number of para-hydroxylation sites is 1. The number of hydrogen-bond donors (Lipinski definition) is 0. The van der Waals surface area contributed by atoms with Crippen LogP contribution in [-0.2, 0) is 11.3 Å². The monoisotopic (exact) mass is 383 g/mol. The number of hydrogen-bond acceptors (Lipinski definition) is 6. The molecule has 0 aliphatic carbocycles. The first-order valence-corrected chi connectivity index (χ1v) is 9.76. The lowest BCUT2D eigenvalue weighted by molar-refractivity contribution is -0.116. The molecule has 2 saturated heterocycles. The molecule has 28 heavy (non-hydrogen) atoms. The van der Waals surface area contributed by atoms with E-state index in [1.54, 1.807) is 17.0 Å². The maximum atomic E-state index is 12.8. The second kappa shape index (κ2) is 7.71. The quantitative estimate of drug-likeness (QED) is 0.738. The maximum Gasteiger partial charge on any atom is 0.332 e. The number of carbonyl (C=O) groups is 2. The maximum absolute atomic E-state index is 12.8. The standard InChI is InChI=1S/C20H25N5O3/c1-14(2)19-21-17(28-22-19)12-23-10-8-15(9-11-23)24-13-18(26)25(20(24)27)16-6-4-3-5-7-16/h3-7,14-15H,8-13H2,1-2H3. The van der Waals surface area contributed by atoms with Gasteiger partial charge in [-0.25, -0.2) is 9.69 Å². The summed E-state index contributed by atoms with van der Waals surface area (Å²) in [5.41, 5.74) is 0.634. The molecule has 4 rings (SSSR count). The van der Waals surface area contributed by atoms with Crippen LogP contribution in [0.4, 0.5) is 10.5 Å². The van der Waals surface area contributed by atoms with Crippen molar-refractivity contribution in [2.75, 3.05) is 24.5 Å². The number of anilines is 1. The molecule has 0 N–H and O–H groups in total. The molecule has 1 aromatic heterocycles. The highest BCUT2D eigenvalue weighted by Gasteiger charge is 2.41. The van der Waals surface area contributed by atoms with Crippen molar-refractivity contribution in [1.29, 1.82) is 0 Å². The van der Waals surface area contributed by atoms with Gasteiger partial charge in [-0.3, -0.25) is 9.69 Å². The molecular weight excluding hydrogens is 358 g/mol. The van der Waals surface area contributed by atoms with E-state index in [0.29, 0.717) is 18.1 Å². The van der Waals surface area contributed by atoms with Crippen LogP contribution < -0.4 is 4.90 Å². The van der Waals surface area contributed by atoms with Crippen LogP contribution in [0, 0.1) is 0 Å². The Morgan fingerprint density at radius 3 is 2.50 bits per heavy atom. The second-order valence-electron chi connectivity index (χ2n) is 7.68. The molecule has 0 atom stereocenters. The number of amides is 3. The number of piperidine rings is 1. The molecule has 8 nitrogen and oxygen atoms in total. The number of aromatic nitrogens is 2. The van der Waals surface area contributed by atoms with E-state index in [9.17, 15) is 9.59 Å². The van der Waals surface area contributed by atoms with Crippen molar-refractivity contribution in [2.24, 2.45) is 0 Å². The summed E-state index contributed by atoms with van der Waals surface area (Å²) < 4.78 is 5.33. The van der Waals surface area contributed by atoms with Crippen molar-refractivity contribution >= 4 is 17.6 Å². The fraction of sp³-hybridized carbons (Fsp3) is 0.500. The molecular formula is C20H25N5O3. The number of likely N-dealkylation sites (tertiary alicyclic amines) is 1. The van der Waals surface area contributed by atoms with Gasteiger partial charge in [0.25, 0.3) is 5.91 Å². The average Bonchev–Trinajstić information content (AvgIpc) is 3.28. The topological polar surface area (TPSA) is 82.8 Å². The number of urea groups is 1. The van der Waals surface area contributed by atoms with E-state index in [-0.39, 0.29) is 30.4 Å². The third-order valence-electron chi connectivity index (χ3n) is 5.36. The van der Waals surface area contributed by atoms with Crippen molar-refractivity contribution < 1.29 is 14.1 Å². The summed E-state index contributed by atoms with van der Waals surface area (Å²) in [6, 6.07) is 8.98.